The van der Waals surface area contributed by atoms with Crippen LogP contribution < -0.4 is 5.32 Å². The molecule has 0 radical (unpaired) electrons. The van der Waals surface area contributed by atoms with E-state index in [-0.39, 0.29) is 5.91 Å². The standard InChI is InChI=1S/C12H15BrN2O/c1-15(2)8-4-7-12(16)14-11-6-3-5-10(13)9-11/h3-7,9H,8H2,1-2H3,(H,14,16)/b7-4+. The Morgan fingerprint density at radius 3 is 2.88 bits per heavy atom. The Balaban J connectivity index is 2.48. The van der Waals surface area contributed by atoms with Crippen molar-refractivity contribution in [2.75, 3.05) is 26.0 Å². The van der Waals surface area contributed by atoms with Gasteiger partial charge in [0.25, 0.3) is 0 Å². The van der Waals surface area contributed by atoms with E-state index in [4.69, 9.17) is 0 Å². The van der Waals surface area contributed by atoms with Crippen molar-refractivity contribution in [2.24, 2.45) is 0 Å². The van der Waals surface area contributed by atoms with Crippen molar-refractivity contribution >= 4 is 27.5 Å². The van der Waals surface area contributed by atoms with Gasteiger partial charge in [0.2, 0.25) is 5.91 Å². The lowest BCUT2D eigenvalue weighted by molar-refractivity contribution is -0.111. The van der Waals surface area contributed by atoms with Crippen LogP contribution in [0, 0.1) is 0 Å². The van der Waals surface area contributed by atoms with Gasteiger partial charge in [-0.05, 0) is 32.3 Å². The Hall–Kier alpha value is -1.13. The molecule has 4 heteroatoms. The number of amides is 1. The first kappa shape index (κ1) is 12.9. The summed E-state index contributed by atoms with van der Waals surface area (Å²) < 4.78 is 0.947. The van der Waals surface area contributed by atoms with Crippen molar-refractivity contribution in [3.63, 3.8) is 0 Å². The molecule has 0 unspecified atom stereocenters. The van der Waals surface area contributed by atoms with Crippen LogP contribution in [0.3, 0.4) is 0 Å². The molecule has 0 aliphatic rings. The molecular weight excluding hydrogens is 268 g/mol. The number of nitrogens with one attached hydrogen (secondary N) is 1. The molecule has 0 fully saturated rings. The van der Waals surface area contributed by atoms with Crippen LogP contribution in [0.1, 0.15) is 0 Å². The third-order valence-corrected chi connectivity index (χ3v) is 2.33. The number of carbonyl (C=O) groups excluding carboxylic acids is 1. The van der Waals surface area contributed by atoms with Crippen LogP contribution in [0.15, 0.2) is 40.9 Å². The zero-order chi connectivity index (χ0) is 12.0. The quantitative estimate of drug-likeness (QED) is 0.861. The van der Waals surface area contributed by atoms with Gasteiger partial charge >= 0.3 is 0 Å². The van der Waals surface area contributed by atoms with Gasteiger partial charge in [0.15, 0.2) is 0 Å². The topological polar surface area (TPSA) is 32.3 Å². The van der Waals surface area contributed by atoms with Gasteiger partial charge in [0.05, 0.1) is 0 Å². The minimum absolute atomic E-state index is 0.111. The van der Waals surface area contributed by atoms with E-state index >= 15 is 0 Å². The summed E-state index contributed by atoms with van der Waals surface area (Å²) in [6.45, 7) is 0.756. The van der Waals surface area contributed by atoms with Crippen LogP contribution in [-0.2, 0) is 4.79 Å². The average Bonchev–Trinajstić information content (AvgIpc) is 2.16. The second kappa shape index (κ2) is 6.45. The molecule has 0 spiro atoms. The molecule has 1 N–H and O–H groups in total. The van der Waals surface area contributed by atoms with Gasteiger partial charge in [0, 0.05) is 22.8 Å². The van der Waals surface area contributed by atoms with E-state index in [1.807, 2.05) is 49.3 Å². The molecule has 0 atom stereocenters. The Morgan fingerprint density at radius 1 is 1.50 bits per heavy atom. The van der Waals surface area contributed by atoms with Gasteiger partial charge in [-0.15, -0.1) is 0 Å². The summed E-state index contributed by atoms with van der Waals surface area (Å²) in [6, 6.07) is 7.50. The van der Waals surface area contributed by atoms with Crippen molar-refractivity contribution in [3.05, 3.63) is 40.9 Å². The van der Waals surface area contributed by atoms with Crippen LogP contribution in [0.2, 0.25) is 0 Å². The Labute approximate surface area is 104 Å². The lowest BCUT2D eigenvalue weighted by Gasteiger charge is -2.04. The number of halogens is 1. The third kappa shape index (κ3) is 5.09. The molecule has 3 nitrogen and oxygen atoms in total. The predicted octanol–water partition coefficient (Wildman–Crippen LogP) is 2.51. The van der Waals surface area contributed by atoms with Gasteiger partial charge in [0.1, 0.15) is 0 Å². The Morgan fingerprint density at radius 2 is 2.25 bits per heavy atom. The van der Waals surface area contributed by atoms with Crippen molar-refractivity contribution in [1.82, 2.24) is 4.90 Å². The summed E-state index contributed by atoms with van der Waals surface area (Å²) >= 11 is 3.35. The maximum absolute atomic E-state index is 11.5. The fourth-order valence-electron chi connectivity index (χ4n) is 1.12. The monoisotopic (exact) mass is 282 g/mol. The molecule has 1 amide bonds. The van der Waals surface area contributed by atoms with E-state index < -0.39 is 0 Å². The number of carbonyl (C=O) groups is 1. The third-order valence-electron chi connectivity index (χ3n) is 1.83. The molecule has 0 aliphatic heterocycles. The molecular formula is C12H15BrN2O. The van der Waals surface area contributed by atoms with E-state index in [0.29, 0.717) is 0 Å². The highest BCUT2D eigenvalue weighted by Gasteiger charge is 1.97. The first-order valence-corrected chi connectivity index (χ1v) is 5.75. The lowest BCUT2D eigenvalue weighted by Crippen LogP contribution is -2.12. The lowest BCUT2D eigenvalue weighted by atomic mass is 10.3. The number of benzene rings is 1. The van der Waals surface area contributed by atoms with Gasteiger partial charge in [-0.3, -0.25) is 4.79 Å². The molecule has 0 saturated carbocycles. The summed E-state index contributed by atoms with van der Waals surface area (Å²) in [6.07, 6.45) is 3.37. The highest BCUT2D eigenvalue weighted by Crippen LogP contribution is 2.15. The molecule has 0 heterocycles. The molecule has 0 aromatic heterocycles. The van der Waals surface area contributed by atoms with Crippen molar-refractivity contribution in [2.45, 2.75) is 0 Å². The molecule has 0 saturated heterocycles. The van der Waals surface area contributed by atoms with Gasteiger partial charge in [-0.25, -0.2) is 0 Å². The van der Waals surface area contributed by atoms with Crippen molar-refractivity contribution in [1.29, 1.82) is 0 Å². The minimum Gasteiger partial charge on any atom is -0.322 e. The van der Waals surface area contributed by atoms with Crippen molar-refractivity contribution < 1.29 is 4.79 Å². The maximum atomic E-state index is 11.5. The summed E-state index contributed by atoms with van der Waals surface area (Å²) in [5.41, 5.74) is 0.786. The number of hydrogen-bond acceptors (Lipinski definition) is 2. The SMILES string of the molecule is CN(C)C/C=C/C(=O)Nc1cccc(Br)c1. The van der Waals surface area contributed by atoms with E-state index in [2.05, 4.69) is 21.2 Å². The molecule has 1 rings (SSSR count). The number of hydrogen-bond donors (Lipinski definition) is 1. The highest BCUT2D eigenvalue weighted by atomic mass is 79.9. The second-order valence-electron chi connectivity index (χ2n) is 3.66. The van der Waals surface area contributed by atoms with Crippen LogP contribution in [0.5, 0.6) is 0 Å². The molecule has 1 aromatic rings. The molecule has 16 heavy (non-hydrogen) atoms. The zero-order valence-corrected chi connectivity index (χ0v) is 11.0. The Kier molecular flexibility index (Phi) is 5.22. The number of nitrogens with zero attached hydrogens (tertiary/aromatic N) is 1. The first-order valence-electron chi connectivity index (χ1n) is 4.96. The largest absolute Gasteiger partial charge is 0.322 e. The summed E-state index contributed by atoms with van der Waals surface area (Å²) in [7, 11) is 3.91. The molecule has 86 valence electrons. The minimum atomic E-state index is -0.111. The van der Waals surface area contributed by atoms with Crippen LogP contribution in [0.25, 0.3) is 0 Å². The zero-order valence-electron chi connectivity index (χ0n) is 9.40. The molecule has 0 aliphatic carbocycles. The van der Waals surface area contributed by atoms with Crippen LogP contribution >= 0.6 is 15.9 Å². The smallest absolute Gasteiger partial charge is 0.248 e. The summed E-state index contributed by atoms with van der Waals surface area (Å²) in [4.78, 5) is 13.5. The summed E-state index contributed by atoms with van der Waals surface area (Å²) in [5, 5.41) is 2.78. The van der Waals surface area contributed by atoms with E-state index in [0.717, 1.165) is 16.7 Å². The predicted molar refractivity (Wildman–Crippen MR) is 70.5 cm³/mol. The van der Waals surface area contributed by atoms with Gasteiger partial charge < -0.3 is 10.2 Å². The average molecular weight is 283 g/mol. The molecule has 0 bridgehead atoms. The van der Waals surface area contributed by atoms with Gasteiger partial charge in [-0.2, -0.15) is 0 Å². The fraction of sp³-hybridized carbons (Fsp3) is 0.250. The molecule has 1 aromatic carbocycles. The Bertz CT molecular complexity index is 388. The first-order chi connectivity index (χ1) is 7.58. The van der Waals surface area contributed by atoms with Crippen LogP contribution in [-0.4, -0.2) is 31.4 Å². The van der Waals surface area contributed by atoms with Crippen LogP contribution in [0.4, 0.5) is 5.69 Å². The second-order valence-corrected chi connectivity index (χ2v) is 4.58. The van der Waals surface area contributed by atoms with E-state index in [9.17, 15) is 4.79 Å². The summed E-state index contributed by atoms with van der Waals surface area (Å²) in [5.74, 6) is -0.111. The normalized spacial score (nSPS) is 11.0. The number of likely N-dealkylation sites (N-methyl/N-ethyl adjacent to an activating group) is 1. The van der Waals surface area contributed by atoms with Crippen molar-refractivity contribution in [3.8, 4) is 0 Å². The maximum Gasteiger partial charge on any atom is 0.248 e. The number of anilines is 1. The van der Waals surface area contributed by atoms with Gasteiger partial charge in [-0.1, -0.05) is 28.1 Å². The van der Waals surface area contributed by atoms with E-state index in [1.54, 1.807) is 6.08 Å². The highest BCUT2D eigenvalue weighted by molar-refractivity contribution is 9.10. The fourth-order valence-corrected chi connectivity index (χ4v) is 1.52. The van der Waals surface area contributed by atoms with E-state index in [1.165, 1.54) is 0 Å². The number of rotatable bonds is 4.